The summed E-state index contributed by atoms with van der Waals surface area (Å²) >= 11 is 6.16. The van der Waals surface area contributed by atoms with E-state index in [1.807, 2.05) is 0 Å². The fourth-order valence-corrected chi connectivity index (χ4v) is 2.35. The van der Waals surface area contributed by atoms with Crippen LogP contribution in [0.4, 0.5) is 4.79 Å². The lowest BCUT2D eigenvalue weighted by Gasteiger charge is -2.19. The number of halogens is 1. The molecule has 5 heteroatoms. The van der Waals surface area contributed by atoms with Crippen LogP contribution >= 0.6 is 11.6 Å². The molecule has 0 fully saturated rings. The van der Waals surface area contributed by atoms with Crippen LogP contribution in [0.2, 0.25) is 0 Å². The van der Waals surface area contributed by atoms with Crippen molar-refractivity contribution in [3.05, 3.63) is 0 Å². The van der Waals surface area contributed by atoms with Crippen molar-refractivity contribution < 1.29 is 14.6 Å². The van der Waals surface area contributed by atoms with Crippen LogP contribution in [-0.4, -0.2) is 34.8 Å². The Balaban J connectivity index is 3.79. The summed E-state index contributed by atoms with van der Waals surface area (Å²) < 4.78 is 5.09. The average Bonchev–Trinajstić information content (AvgIpc) is 2.48. The van der Waals surface area contributed by atoms with Gasteiger partial charge in [-0.3, -0.25) is 0 Å². The van der Waals surface area contributed by atoms with Gasteiger partial charge in [0.15, 0.2) is 0 Å². The Morgan fingerprint density at radius 2 is 1.75 bits per heavy atom. The molecule has 0 bridgehead atoms. The maximum absolute atomic E-state index is 11.4. The number of ether oxygens (including phenoxy) is 1. The van der Waals surface area contributed by atoms with Gasteiger partial charge in [0.25, 0.3) is 0 Å². The van der Waals surface area contributed by atoms with Gasteiger partial charge in [0.2, 0.25) is 0 Å². The molecule has 1 amide bonds. The van der Waals surface area contributed by atoms with Gasteiger partial charge in [-0.15, -0.1) is 11.6 Å². The molecule has 0 aromatic carbocycles. The lowest BCUT2D eigenvalue weighted by atomic mass is 10.1. The van der Waals surface area contributed by atoms with Crippen LogP contribution in [0.5, 0.6) is 0 Å². The van der Waals surface area contributed by atoms with E-state index in [0.29, 0.717) is 0 Å². The molecule has 0 aromatic rings. The number of carbonyl (C=O) groups excluding carboxylic acids is 1. The zero-order chi connectivity index (χ0) is 18.4. The van der Waals surface area contributed by atoms with E-state index in [9.17, 15) is 9.90 Å². The van der Waals surface area contributed by atoms with E-state index < -0.39 is 17.8 Å². The van der Waals surface area contributed by atoms with Crippen molar-refractivity contribution in [1.82, 2.24) is 5.32 Å². The predicted octanol–water partition coefficient (Wildman–Crippen LogP) is 4.62. The number of rotatable bonds is 10. The summed E-state index contributed by atoms with van der Waals surface area (Å²) in [4.78, 5) is 11.4. The van der Waals surface area contributed by atoms with Crippen molar-refractivity contribution in [2.75, 3.05) is 6.54 Å². The summed E-state index contributed by atoms with van der Waals surface area (Å²) in [6, 6.07) is 0. The van der Waals surface area contributed by atoms with Gasteiger partial charge >= 0.3 is 6.09 Å². The van der Waals surface area contributed by atoms with Crippen LogP contribution in [0.1, 0.15) is 79.1 Å². The molecular weight excluding hydrogens is 326 g/mol. The van der Waals surface area contributed by atoms with Crippen molar-refractivity contribution in [1.29, 1.82) is 0 Å². The van der Waals surface area contributed by atoms with E-state index in [1.54, 1.807) is 20.8 Å². The Kier molecular flexibility index (Phi) is 12.9. The number of alkyl halides is 1. The van der Waals surface area contributed by atoms with E-state index in [-0.39, 0.29) is 11.9 Å². The Hall–Kier alpha value is -0.920. The summed E-state index contributed by atoms with van der Waals surface area (Å²) in [5.74, 6) is 5.38. The second-order valence-corrected chi connectivity index (χ2v) is 7.61. The first kappa shape index (κ1) is 23.1. The Morgan fingerprint density at radius 3 is 2.33 bits per heavy atom. The molecule has 2 atom stereocenters. The number of hydrogen-bond donors (Lipinski definition) is 2. The van der Waals surface area contributed by atoms with Crippen molar-refractivity contribution in [2.24, 2.45) is 0 Å². The molecular formula is C19H34ClNO3. The fraction of sp³-hybridized carbons (Fsp3) is 0.842. The van der Waals surface area contributed by atoms with Crippen molar-refractivity contribution in [2.45, 2.75) is 96.1 Å². The maximum Gasteiger partial charge on any atom is 0.408 e. The normalized spacial score (nSPS) is 13.6. The Labute approximate surface area is 152 Å². The molecule has 0 aromatic heterocycles. The van der Waals surface area contributed by atoms with Crippen LogP contribution in [-0.2, 0) is 4.74 Å². The molecule has 0 aliphatic carbocycles. The van der Waals surface area contributed by atoms with E-state index >= 15 is 0 Å². The summed E-state index contributed by atoms with van der Waals surface area (Å²) in [5, 5.41) is 12.0. The third-order valence-electron chi connectivity index (χ3n) is 3.40. The second kappa shape index (κ2) is 13.4. The molecule has 0 unspecified atom stereocenters. The molecule has 4 nitrogen and oxygen atoms in total. The molecule has 2 N–H and O–H groups in total. The highest BCUT2D eigenvalue weighted by Crippen LogP contribution is 2.14. The van der Waals surface area contributed by atoms with E-state index in [2.05, 4.69) is 24.1 Å². The number of hydrogen-bond acceptors (Lipinski definition) is 3. The first-order chi connectivity index (χ1) is 11.3. The number of aliphatic hydroxyl groups excluding tert-OH is 1. The summed E-state index contributed by atoms with van der Waals surface area (Å²) in [6.45, 7) is 7.73. The van der Waals surface area contributed by atoms with E-state index in [1.165, 1.54) is 32.1 Å². The molecule has 0 spiro atoms. The number of alkyl carbamates (subject to hydrolysis) is 1. The topological polar surface area (TPSA) is 58.6 Å². The first-order valence-corrected chi connectivity index (χ1v) is 9.47. The van der Waals surface area contributed by atoms with Crippen molar-refractivity contribution in [3.63, 3.8) is 0 Å². The van der Waals surface area contributed by atoms with Crippen molar-refractivity contribution >= 4 is 17.7 Å². The van der Waals surface area contributed by atoms with Crippen LogP contribution < -0.4 is 5.32 Å². The highest BCUT2D eigenvalue weighted by atomic mass is 35.5. The zero-order valence-corrected chi connectivity index (χ0v) is 16.4. The summed E-state index contributed by atoms with van der Waals surface area (Å²) in [5.41, 5.74) is -0.533. The lowest BCUT2D eigenvalue weighted by Crippen LogP contribution is -2.32. The van der Waals surface area contributed by atoms with Gasteiger partial charge in [-0.2, -0.15) is 0 Å². The van der Waals surface area contributed by atoms with Gasteiger partial charge in [0.05, 0.1) is 11.9 Å². The van der Waals surface area contributed by atoms with Gasteiger partial charge in [0.1, 0.15) is 11.7 Å². The average molecular weight is 360 g/mol. The molecule has 0 aliphatic rings. The quantitative estimate of drug-likeness (QED) is 0.340. The van der Waals surface area contributed by atoms with Gasteiger partial charge in [-0.1, -0.05) is 63.7 Å². The fourth-order valence-electron chi connectivity index (χ4n) is 2.13. The van der Waals surface area contributed by atoms with Gasteiger partial charge in [0, 0.05) is 0 Å². The Morgan fingerprint density at radius 1 is 1.17 bits per heavy atom. The third-order valence-corrected chi connectivity index (χ3v) is 3.85. The molecule has 140 valence electrons. The monoisotopic (exact) mass is 359 g/mol. The summed E-state index contributed by atoms with van der Waals surface area (Å²) in [7, 11) is 0. The van der Waals surface area contributed by atoms with E-state index in [4.69, 9.17) is 16.3 Å². The molecule has 0 heterocycles. The number of carbonyl (C=O) groups is 1. The van der Waals surface area contributed by atoms with Gasteiger partial charge in [-0.05, 0) is 27.2 Å². The van der Waals surface area contributed by atoms with Crippen LogP contribution in [0, 0.1) is 11.8 Å². The smallest absolute Gasteiger partial charge is 0.408 e. The minimum absolute atomic E-state index is 0.132. The largest absolute Gasteiger partial charge is 0.444 e. The SMILES string of the molecule is CCCCCCCCC[C@H](Cl)[C@H](O)C#CCNC(=O)OC(C)(C)C. The number of aliphatic hydroxyl groups is 1. The molecule has 0 saturated carbocycles. The highest BCUT2D eigenvalue weighted by molar-refractivity contribution is 6.21. The van der Waals surface area contributed by atoms with Crippen LogP contribution in [0.25, 0.3) is 0 Å². The predicted molar refractivity (Wildman–Crippen MR) is 100 cm³/mol. The van der Waals surface area contributed by atoms with Crippen LogP contribution in [0.15, 0.2) is 0 Å². The molecule has 0 aliphatic heterocycles. The molecule has 24 heavy (non-hydrogen) atoms. The van der Waals surface area contributed by atoms with Crippen molar-refractivity contribution in [3.8, 4) is 11.8 Å². The zero-order valence-electron chi connectivity index (χ0n) is 15.7. The molecule has 0 radical (unpaired) electrons. The highest BCUT2D eigenvalue weighted by Gasteiger charge is 2.15. The third kappa shape index (κ3) is 14.7. The second-order valence-electron chi connectivity index (χ2n) is 7.05. The van der Waals surface area contributed by atoms with Crippen LogP contribution in [0.3, 0.4) is 0 Å². The maximum atomic E-state index is 11.4. The number of unbranched alkanes of at least 4 members (excludes halogenated alkanes) is 6. The first-order valence-electron chi connectivity index (χ1n) is 9.03. The Bertz CT molecular complexity index is 396. The molecule has 0 saturated heterocycles. The van der Waals surface area contributed by atoms with Gasteiger partial charge < -0.3 is 15.2 Å². The molecule has 0 rings (SSSR count). The van der Waals surface area contributed by atoms with Gasteiger partial charge in [-0.25, -0.2) is 4.79 Å². The lowest BCUT2D eigenvalue weighted by molar-refractivity contribution is 0.0535. The number of nitrogens with one attached hydrogen (secondary N) is 1. The summed E-state index contributed by atoms with van der Waals surface area (Å²) in [6.07, 6.45) is 7.91. The van der Waals surface area contributed by atoms with E-state index in [0.717, 1.165) is 19.3 Å². The standard InChI is InChI=1S/C19H34ClNO3/c1-5-6-7-8-9-10-11-13-16(20)17(22)14-12-15-21-18(23)24-19(2,3)4/h16-17,22H,5-11,13,15H2,1-4H3,(H,21,23)/t16-,17+/m0/s1. The number of amides is 1. The minimum atomic E-state index is -0.868. The minimum Gasteiger partial charge on any atom is -0.444 e.